The Morgan fingerprint density at radius 2 is 1.70 bits per heavy atom. The number of guanidine groups is 1. The number of rotatable bonds is 9. The Labute approximate surface area is 197 Å². The molecule has 2 N–H and O–H groups in total. The molecule has 5 nitrogen and oxygen atoms in total. The van der Waals surface area contributed by atoms with Gasteiger partial charge >= 0.3 is 0 Å². The van der Waals surface area contributed by atoms with Crippen LogP contribution in [0.1, 0.15) is 18.1 Å². The van der Waals surface area contributed by atoms with Crippen LogP contribution < -0.4 is 15.5 Å². The zero-order chi connectivity index (χ0) is 20.3. The van der Waals surface area contributed by atoms with Crippen molar-refractivity contribution in [1.29, 1.82) is 0 Å². The summed E-state index contributed by atoms with van der Waals surface area (Å²) in [7, 11) is 1.80. The number of hydrogen-bond acceptors (Lipinski definition) is 3. The highest BCUT2D eigenvalue weighted by molar-refractivity contribution is 14.0. The van der Waals surface area contributed by atoms with E-state index in [0.29, 0.717) is 19.1 Å². The molecule has 6 heteroatoms. The molecule has 0 bridgehead atoms. The highest BCUT2D eigenvalue weighted by Crippen LogP contribution is 2.17. The molecule has 2 aromatic rings. The van der Waals surface area contributed by atoms with E-state index in [0.717, 1.165) is 32.1 Å². The van der Waals surface area contributed by atoms with Crippen molar-refractivity contribution in [2.75, 3.05) is 38.2 Å². The third kappa shape index (κ3) is 7.99. The lowest BCUT2D eigenvalue weighted by atomic mass is 10.2. The monoisotopic (exact) mass is 520 g/mol. The van der Waals surface area contributed by atoms with Gasteiger partial charge in [0.2, 0.25) is 0 Å². The van der Waals surface area contributed by atoms with E-state index in [1.807, 2.05) is 18.2 Å². The average molecular weight is 520 g/mol. The van der Waals surface area contributed by atoms with E-state index in [1.165, 1.54) is 16.8 Å². The van der Waals surface area contributed by atoms with Crippen LogP contribution >= 0.6 is 24.0 Å². The third-order valence-corrected chi connectivity index (χ3v) is 4.94. The van der Waals surface area contributed by atoms with Crippen molar-refractivity contribution in [3.05, 3.63) is 77.9 Å². The van der Waals surface area contributed by atoms with E-state index in [4.69, 9.17) is 4.74 Å². The summed E-state index contributed by atoms with van der Waals surface area (Å²) >= 11 is 0. The molecular formula is C24H33IN4O. The quantitative estimate of drug-likeness (QED) is 0.225. The molecular weight excluding hydrogens is 487 g/mol. The van der Waals surface area contributed by atoms with Crippen molar-refractivity contribution in [2.45, 2.75) is 20.1 Å². The molecule has 30 heavy (non-hydrogen) atoms. The first-order valence-electron chi connectivity index (χ1n) is 10.3. The average Bonchev–Trinajstić information content (AvgIpc) is 3.30. The third-order valence-electron chi connectivity index (χ3n) is 4.94. The molecule has 0 saturated heterocycles. The van der Waals surface area contributed by atoms with Gasteiger partial charge in [0.25, 0.3) is 0 Å². The maximum Gasteiger partial charge on any atom is 0.191 e. The molecule has 0 fully saturated rings. The topological polar surface area (TPSA) is 48.9 Å². The molecule has 1 aliphatic heterocycles. The Balaban J connectivity index is 0.00000320. The summed E-state index contributed by atoms with van der Waals surface area (Å²) in [6.45, 7) is 7.11. The van der Waals surface area contributed by atoms with Crippen molar-refractivity contribution in [3.63, 3.8) is 0 Å². The standard InChI is InChI=1S/C24H32N4O.HI/c1-20(18-29-19-22-8-4-3-5-9-22)16-26-24(25-2)27-17-21-10-12-23(13-11-21)28-14-6-7-15-28;/h3-13,20H,14-19H2,1-2H3,(H2,25,26,27);1H. The molecule has 0 radical (unpaired) electrons. The van der Waals surface area contributed by atoms with Crippen LogP contribution in [-0.4, -0.2) is 39.2 Å². The van der Waals surface area contributed by atoms with E-state index in [2.05, 4.69) is 76.0 Å². The van der Waals surface area contributed by atoms with Crippen molar-refractivity contribution < 1.29 is 4.74 Å². The second kappa shape index (κ2) is 13.3. The van der Waals surface area contributed by atoms with Gasteiger partial charge in [0, 0.05) is 38.9 Å². The Bertz CT molecular complexity index is 785. The number of halogens is 1. The number of hydrogen-bond donors (Lipinski definition) is 2. The molecule has 0 saturated carbocycles. The van der Waals surface area contributed by atoms with Crippen LogP contribution in [-0.2, 0) is 17.9 Å². The van der Waals surface area contributed by atoms with E-state index in [1.54, 1.807) is 7.05 Å². The van der Waals surface area contributed by atoms with Gasteiger partial charge < -0.3 is 20.3 Å². The van der Waals surface area contributed by atoms with Crippen LogP contribution in [0.15, 0.2) is 71.7 Å². The second-order valence-electron chi connectivity index (χ2n) is 7.46. The maximum atomic E-state index is 5.82. The molecule has 0 spiro atoms. The van der Waals surface area contributed by atoms with Gasteiger partial charge in [-0.25, -0.2) is 0 Å². The van der Waals surface area contributed by atoms with Crippen molar-refractivity contribution in [1.82, 2.24) is 10.6 Å². The summed E-state index contributed by atoms with van der Waals surface area (Å²) in [4.78, 5) is 6.67. The Morgan fingerprint density at radius 1 is 1.00 bits per heavy atom. The maximum absolute atomic E-state index is 5.82. The van der Waals surface area contributed by atoms with Crippen LogP contribution in [0.5, 0.6) is 0 Å². The van der Waals surface area contributed by atoms with E-state index in [-0.39, 0.29) is 24.0 Å². The van der Waals surface area contributed by atoms with Gasteiger partial charge in [-0.1, -0.05) is 61.5 Å². The first-order chi connectivity index (χ1) is 14.2. The predicted octanol–water partition coefficient (Wildman–Crippen LogP) is 4.20. The van der Waals surface area contributed by atoms with Crippen molar-refractivity contribution in [3.8, 4) is 0 Å². The number of aliphatic imine (C=N–C) groups is 1. The fourth-order valence-electron chi connectivity index (χ4n) is 3.20. The van der Waals surface area contributed by atoms with Crippen LogP contribution in [0.25, 0.3) is 0 Å². The smallest absolute Gasteiger partial charge is 0.191 e. The van der Waals surface area contributed by atoms with Crippen molar-refractivity contribution >= 4 is 35.6 Å². The largest absolute Gasteiger partial charge is 0.376 e. The summed E-state index contributed by atoms with van der Waals surface area (Å²) in [5, 5.41) is 6.77. The Kier molecular flexibility index (Phi) is 10.7. The number of ether oxygens (including phenoxy) is 1. The molecule has 1 heterocycles. The fraction of sp³-hybridized carbons (Fsp3) is 0.375. The molecule has 0 amide bonds. The van der Waals surface area contributed by atoms with E-state index in [9.17, 15) is 0 Å². The summed E-state index contributed by atoms with van der Waals surface area (Å²) in [5.74, 6) is 1.21. The normalized spacial score (nSPS) is 14.3. The number of nitrogens with one attached hydrogen (secondary N) is 2. The molecule has 3 rings (SSSR count). The number of nitrogens with zero attached hydrogens (tertiary/aromatic N) is 2. The predicted molar refractivity (Wildman–Crippen MR) is 137 cm³/mol. The molecule has 2 aromatic carbocycles. The molecule has 0 aliphatic carbocycles. The van der Waals surface area contributed by atoms with Gasteiger partial charge in [0.1, 0.15) is 0 Å². The molecule has 0 aromatic heterocycles. The SMILES string of the molecule is CN=C(NCc1ccc(N2CC=CC2)cc1)NCC(C)COCc1ccccc1.I. The minimum Gasteiger partial charge on any atom is -0.376 e. The minimum atomic E-state index is 0. The summed E-state index contributed by atoms with van der Waals surface area (Å²) in [6.07, 6.45) is 4.41. The number of anilines is 1. The van der Waals surface area contributed by atoms with Gasteiger partial charge in [-0.05, 0) is 29.2 Å². The highest BCUT2D eigenvalue weighted by Gasteiger charge is 2.08. The van der Waals surface area contributed by atoms with Crippen LogP contribution in [0, 0.1) is 5.92 Å². The molecule has 1 aliphatic rings. The van der Waals surface area contributed by atoms with Gasteiger partial charge in [0.05, 0.1) is 13.2 Å². The van der Waals surface area contributed by atoms with Gasteiger partial charge in [0.15, 0.2) is 5.96 Å². The fourth-order valence-corrected chi connectivity index (χ4v) is 3.20. The van der Waals surface area contributed by atoms with Crippen molar-refractivity contribution in [2.24, 2.45) is 10.9 Å². The molecule has 1 unspecified atom stereocenters. The summed E-state index contributed by atoms with van der Waals surface area (Å²) in [5.41, 5.74) is 3.71. The van der Waals surface area contributed by atoms with Crippen LogP contribution in [0.2, 0.25) is 0 Å². The van der Waals surface area contributed by atoms with Gasteiger partial charge in [-0.15, -0.1) is 24.0 Å². The lowest BCUT2D eigenvalue weighted by molar-refractivity contribution is 0.0931. The Morgan fingerprint density at radius 3 is 2.37 bits per heavy atom. The van der Waals surface area contributed by atoms with Gasteiger partial charge in [-0.2, -0.15) is 0 Å². The highest BCUT2D eigenvalue weighted by atomic mass is 127. The van der Waals surface area contributed by atoms with Crippen LogP contribution in [0.4, 0.5) is 5.69 Å². The Hall–Kier alpha value is -2.06. The molecule has 1 atom stereocenters. The zero-order valence-corrected chi connectivity index (χ0v) is 20.2. The zero-order valence-electron chi connectivity index (χ0n) is 17.9. The lowest BCUT2D eigenvalue weighted by Crippen LogP contribution is -2.39. The van der Waals surface area contributed by atoms with E-state index >= 15 is 0 Å². The van der Waals surface area contributed by atoms with Gasteiger partial charge in [-0.3, -0.25) is 4.99 Å². The lowest BCUT2D eigenvalue weighted by Gasteiger charge is -2.18. The first-order valence-corrected chi connectivity index (χ1v) is 10.3. The van der Waals surface area contributed by atoms with E-state index < -0.39 is 0 Å². The minimum absolute atomic E-state index is 0. The molecule has 162 valence electrons. The summed E-state index contributed by atoms with van der Waals surface area (Å²) in [6, 6.07) is 19.0. The van der Waals surface area contributed by atoms with Crippen LogP contribution in [0.3, 0.4) is 0 Å². The first kappa shape index (κ1) is 24.2. The second-order valence-corrected chi connectivity index (χ2v) is 7.46. The number of benzene rings is 2. The summed E-state index contributed by atoms with van der Waals surface area (Å²) < 4.78 is 5.82.